The second-order valence-electron chi connectivity index (χ2n) is 6.57. The van der Waals surface area contributed by atoms with Gasteiger partial charge in [-0.25, -0.2) is 0 Å². The van der Waals surface area contributed by atoms with E-state index in [1.54, 1.807) is 0 Å². The van der Waals surface area contributed by atoms with Crippen LogP contribution in [0.2, 0.25) is 0 Å². The summed E-state index contributed by atoms with van der Waals surface area (Å²) in [4.78, 5) is 14.5. The third kappa shape index (κ3) is 14.7. The lowest BCUT2D eigenvalue weighted by molar-refractivity contribution is -0.132. The normalized spacial score (nSPS) is 10.9. The lowest BCUT2D eigenvalue weighted by Crippen LogP contribution is -2.33. The van der Waals surface area contributed by atoms with Gasteiger partial charge in [0, 0.05) is 19.7 Å². The summed E-state index contributed by atoms with van der Waals surface area (Å²) in [7, 11) is 0. The highest BCUT2D eigenvalue weighted by Gasteiger charge is 2.12. The number of carbonyl (C=O) groups excluding carboxylic acids is 1. The van der Waals surface area contributed by atoms with Crippen molar-refractivity contribution in [2.45, 2.75) is 97.8 Å². The maximum absolute atomic E-state index is 12.4. The van der Waals surface area contributed by atoms with Crippen LogP contribution in [0.15, 0.2) is 0 Å². The van der Waals surface area contributed by atoms with Crippen LogP contribution in [-0.4, -0.2) is 37.1 Å². The van der Waals surface area contributed by atoms with Crippen molar-refractivity contribution in [2.75, 3.05) is 26.3 Å². The first-order valence-corrected chi connectivity index (χ1v) is 10.1. The monoisotopic (exact) mass is 327 g/mol. The van der Waals surface area contributed by atoms with E-state index in [1.807, 2.05) is 0 Å². The number of nitrogens with zero attached hydrogens (tertiary/aromatic N) is 1. The van der Waals surface area contributed by atoms with Gasteiger partial charge >= 0.3 is 0 Å². The van der Waals surface area contributed by atoms with Crippen LogP contribution in [0.5, 0.6) is 0 Å². The fraction of sp³-hybridized carbons (Fsp3) is 0.950. The predicted molar refractivity (Wildman–Crippen MR) is 99.8 cm³/mol. The van der Waals surface area contributed by atoms with E-state index in [0.717, 1.165) is 39.0 Å². The molecule has 0 aliphatic carbocycles. The molecule has 0 spiro atoms. The molecule has 0 unspecified atom stereocenters. The largest absolute Gasteiger partial charge is 0.381 e. The van der Waals surface area contributed by atoms with Crippen molar-refractivity contribution in [3.05, 3.63) is 0 Å². The van der Waals surface area contributed by atoms with Gasteiger partial charge in [-0.2, -0.15) is 0 Å². The topological polar surface area (TPSA) is 29.5 Å². The van der Waals surface area contributed by atoms with Crippen LogP contribution in [0.1, 0.15) is 97.8 Å². The van der Waals surface area contributed by atoms with Gasteiger partial charge in [-0.1, -0.05) is 72.1 Å². The Morgan fingerprint density at radius 2 is 1.22 bits per heavy atom. The smallest absolute Gasteiger partial charge is 0.224 e. The summed E-state index contributed by atoms with van der Waals surface area (Å²) in [5, 5.41) is 0. The van der Waals surface area contributed by atoms with Crippen molar-refractivity contribution < 1.29 is 9.53 Å². The Balaban J connectivity index is 4.00. The highest BCUT2D eigenvalue weighted by Crippen LogP contribution is 2.08. The average molecular weight is 328 g/mol. The number of hydrogen-bond donors (Lipinski definition) is 0. The van der Waals surface area contributed by atoms with E-state index in [9.17, 15) is 4.79 Å². The molecule has 3 heteroatoms. The van der Waals surface area contributed by atoms with Crippen LogP contribution in [0.4, 0.5) is 0 Å². The van der Waals surface area contributed by atoms with Crippen LogP contribution in [-0.2, 0) is 9.53 Å². The Kier molecular flexibility index (Phi) is 17.3. The molecule has 0 N–H and O–H groups in total. The second-order valence-corrected chi connectivity index (χ2v) is 6.57. The highest BCUT2D eigenvalue weighted by molar-refractivity contribution is 5.76. The lowest BCUT2D eigenvalue weighted by Gasteiger charge is -2.23. The summed E-state index contributed by atoms with van der Waals surface area (Å²) < 4.78 is 5.47. The molecule has 0 saturated heterocycles. The molecule has 3 nitrogen and oxygen atoms in total. The average Bonchev–Trinajstić information content (AvgIpc) is 2.56. The SMILES string of the molecule is CCCCCCCN(CCCCCCC)C(=O)CCOCCC. The molecule has 23 heavy (non-hydrogen) atoms. The third-order valence-corrected chi connectivity index (χ3v) is 4.22. The minimum Gasteiger partial charge on any atom is -0.381 e. The minimum absolute atomic E-state index is 0.284. The van der Waals surface area contributed by atoms with Gasteiger partial charge in [0.15, 0.2) is 0 Å². The Bertz CT molecular complexity index is 242. The van der Waals surface area contributed by atoms with E-state index >= 15 is 0 Å². The van der Waals surface area contributed by atoms with Crippen molar-refractivity contribution in [2.24, 2.45) is 0 Å². The number of unbranched alkanes of at least 4 members (excludes halogenated alkanes) is 8. The summed E-state index contributed by atoms with van der Waals surface area (Å²) in [6.07, 6.45) is 14.1. The molecular formula is C20H41NO2. The summed E-state index contributed by atoms with van der Waals surface area (Å²) in [6.45, 7) is 9.79. The van der Waals surface area contributed by atoms with Crippen molar-refractivity contribution in [1.82, 2.24) is 4.90 Å². The number of carbonyl (C=O) groups is 1. The van der Waals surface area contributed by atoms with E-state index in [4.69, 9.17) is 4.74 Å². The van der Waals surface area contributed by atoms with E-state index < -0.39 is 0 Å². The zero-order valence-electron chi connectivity index (χ0n) is 16.1. The van der Waals surface area contributed by atoms with Gasteiger partial charge in [0.1, 0.15) is 0 Å². The minimum atomic E-state index is 0.284. The Hall–Kier alpha value is -0.570. The van der Waals surface area contributed by atoms with E-state index in [2.05, 4.69) is 25.7 Å². The van der Waals surface area contributed by atoms with Crippen LogP contribution in [0.25, 0.3) is 0 Å². The molecule has 138 valence electrons. The third-order valence-electron chi connectivity index (χ3n) is 4.22. The van der Waals surface area contributed by atoms with Gasteiger partial charge in [0.25, 0.3) is 0 Å². The molecular weight excluding hydrogens is 286 g/mol. The van der Waals surface area contributed by atoms with Crippen LogP contribution < -0.4 is 0 Å². The predicted octanol–water partition coefficient (Wildman–Crippen LogP) is 5.57. The van der Waals surface area contributed by atoms with Crippen molar-refractivity contribution in [1.29, 1.82) is 0 Å². The first-order chi connectivity index (χ1) is 11.3. The Morgan fingerprint density at radius 3 is 1.70 bits per heavy atom. The van der Waals surface area contributed by atoms with Crippen molar-refractivity contribution >= 4 is 5.91 Å². The van der Waals surface area contributed by atoms with Crippen LogP contribution >= 0.6 is 0 Å². The first-order valence-electron chi connectivity index (χ1n) is 10.1. The zero-order chi connectivity index (χ0) is 17.2. The van der Waals surface area contributed by atoms with Gasteiger partial charge in [-0.05, 0) is 19.3 Å². The van der Waals surface area contributed by atoms with Crippen molar-refractivity contribution in [3.63, 3.8) is 0 Å². The molecule has 0 aliphatic rings. The number of rotatable bonds is 17. The van der Waals surface area contributed by atoms with Crippen molar-refractivity contribution in [3.8, 4) is 0 Å². The highest BCUT2D eigenvalue weighted by atomic mass is 16.5. The molecule has 0 radical (unpaired) electrons. The molecule has 0 fully saturated rings. The molecule has 1 amide bonds. The fourth-order valence-corrected chi connectivity index (χ4v) is 2.74. The van der Waals surface area contributed by atoms with E-state index in [-0.39, 0.29) is 5.91 Å². The van der Waals surface area contributed by atoms with Gasteiger partial charge in [-0.3, -0.25) is 4.79 Å². The maximum atomic E-state index is 12.4. The van der Waals surface area contributed by atoms with Gasteiger partial charge < -0.3 is 9.64 Å². The second kappa shape index (κ2) is 17.8. The van der Waals surface area contributed by atoms with Crippen LogP contribution in [0, 0.1) is 0 Å². The van der Waals surface area contributed by atoms with E-state index in [1.165, 1.54) is 51.4 Å². The number of hydrogen-bond acceptors (Lipinski definition) is 2. The van der Waals surface area contributed by atoms with E-state index in [0.29, 0.717) is 13.0 Å². The molecule has 0 aliphatic heterocycles. The molecule has 0 bridgehead atoms. The Morgan fingerprint density at radius 1 is 0.696 bits per heavy atom. The van der Waals surface area contributed by atoms with Gasteiger partial charge in [0.05, 0.1) is 13.0 Å². The lowest BCUT2D eigenvalue weighted by atomic mass is 10.1. The standard InChI is InChI=1S/C20H41NO2/c1-4-7-9-11-13-16-21(17-14-12-10-8-5-2)20(22)15-19-23-18-6-3/h4-19H2,1-3H3. The summed E-state index contributed by atoms with van der Waals surface area (Å²) in [5.74, 6) is 0.284. The zero-order valence-corrected chi connectivity index (χ0v) is 16.1. The molecule has 0 aromatic rings. The Labute approximate surface area is 145 Å². The molecule has 0 heterocycles. The van der Waals surface area contributed by atoms with Crippen LogP contribution in [0.3, 0.4) is 0 Å². The van der Waals surface area contributed by atoms with Gasteiger partial charge in [0.2, 0.25) is 5.91 Å². The molecule has 0 saturated carbocycles. The van der Waals surface area contributed by atoms with Gasteiger partial charge in [-0.15, -0.1) is 0 Å². The molecule has 0 atom stereocenters. The molecule has 0 aromatic carbocycles. The number of ether oxygens (including phenoxy) is 1. The maximum Gasteiger partial charge on any atom is 0.224 e. The summed E-state index contributed by atoms with van der Waals surface area (Å²) in [6, 6.07) is 0. The summed E-state index contributed by atoms with van der Waals surface area (Å²) in [5.41, 5.74) is 0. The molecule has 0 aromatic heterocycles. The first kappa shape index (κ1) is 22.4. The number of amides is 1. The molecule has 0 rings (SSSR count). The quantitative estimate of drug-likeness (QED) is 0.327. The fourth-order valence-electron chi connectivity index (χ4n) is 2.74. The summed E-state index contributed by atoms with van der Waals surface area (Å²) >= 11 is 0.